The maximum Gasteiger partial charge on any atom is 0.331 e. The van der Waals surface area contributed by atoms with Gasteiger partial charge in [0.1, 0.15) is 0 Å². The second-order valence-corrected chi connectivity index (χ2v) is 6.57. The SMILES string of the molecule is CCOC(=O)[C@H]1[C@H](c2ccccc2)CC(=O)N1NC(=O)c1ccc(Cl)cc1. The summed E-state index contributed by atoms with van der Waals surface area (Å²) in [5, 5.41) is 1.59. The Balaban J connectivity index is 1.87. The van der Waals surface area contributed by atoms with Gasteiger partial charge in [-0.15, -0.1) is 0 Å². The van der Waals surface area contributed by atoms with E-state index >= 15 is 0 Å². The Labute approximate surface area is 162 Å². The van der Waals surface area contributed by atoms with Crippen LogP contribution < -0.4 is 5.43 Å². The van der Waals surface area contributed by atoms with Gasteiger partial charge in [0, 0.05) is 22.9 Å². The number of benzene rings is 2. The molecule has 0 saturated carbocycles. The number of rotatable bonds is 5. The van der Waals surface area contributed by atoms with E-state index in [-0.39, 0.29) is 18.9 Å². The molecule has 1 fully saturated rings. The second kappa shape index (κ2) is 8.22. The van der Waals surface area contributed by atoms with E-state index in [1.165, 1.54) is 0 Å². The van der Waals surface area contributed by atoms with Crippen LogP contribution in [0.2, 0.25) is 5.02 Å². The Kier molecular flexibility index (Phi) is 5.76. The third-order valence-electron chi connectivity index (χ3n) is 4.41. The summed E-state index contributed by atoms with van der Waals surface area (Å²) in [6, 6.07) is 14.6. The van der Waals surface area contributed by atoms with Gasteiger partial charge >= 0.3 is 5.97 Å². The normalized spacial score (nSPS) is 19.0. The van der Waals surface area contributed by atoms with Gasteiger partial charge in [-0.1, -0.05) is 41.9 Å². The molecule has 1 N–H and O–H groups in total. The van der Waals surface area contributed by atoms with Crippen LogP contribution in [0, 0.1) is 0 Å². The van der Waals surface area contributed by atoms with Crippen molar-refractivity contribution >= 4 is 29.4 Å². The van der Waals surface area contributed by atoms with Gasteiger partial charge in [-0.2, -0.15) is 0 Å². The van der Waals surface area contributed by atoms with Crippen molar-refractivity contribution in [2.45, 2.75) is 25.3 Å². The van der Waals surface area contributed by atoms with E-state index in [0.29, 0.717) is 10.6 Å². The van der Waals surface area contributed by atoms with Crippen LogP contribution in [0.4, 0.5) is 0 Å². The molecule has 1 aliphatic rings. The molecule has 2 aromatic rings. The Bertz CT molecular complexity index is 839. The third kappa shape index (κ3) is 4.11. The molecule has 3 rings (SSSR count). The van der Waals surface area contributed by atoms with Crippen molar-refractivity contribution in [1.29, 1.82) is 0 Å². The van der Waals surface area contributed by atoms with E-state index in [1.807, 2.05) is 30.3 Å². The molecular weight excluding hydrogens is 368 g/mol. The van der Waals surface area contributed by atoms with Crippen LogP contribution in [0.1, 0.15) is 35.2 Å². The molecule has 1 aliphatic heterocycles. The van der Waals surface area contributed by atoms with Gasteiger partial charge in [-0.05, 0) is 36.8 Å². The number of ether oxygens (including phenoxy) is 1. The smallest absolute Gasteiger partial charge is 0.331 e. The average molecular weight is 387 g/mol. The minimum atomic E-state index is -0.920. The van der Waals surface area contributed by atoms with E-state index < -0.39 is 23.8 Å². The third-order valence-corrected chi connectivity index (χ3v) is 4.66. The molecule has 2 aromatic carbocycles. The Morgan fingerprint density at radius 2 is 1.81 bits per heavy atom. The second-order valence-electron chi connectivity index (χ2n) is 6.13. The van der Waals surface area contributed by atoms with Crippen molar-refractivity contribution < 1.29 is 19.1 Å². The molecule has 1 saturated heterocycles. The van der Waals surface area contributed by atoms with Crippen LogP contribution >= 0.6 is 11.6 Å². The van der Waals surface area contributed by atoms with Crippen LogP contribution in [-0.4, -0.2) is 35.4 Å². The number of halogens is 1. The Morgan fingerprint density at radius 3 is 2.44 bits per heavy atom. The predicted molar refractivity (Wildman–Crippen MR) is 100.0 cm³/mol. The van der Waals surface area contributed by atoms with Crippen LogP contribution in [-0.2, 0) is 14.3 Å². The quantitative estimate of drug-likeness (QED) is 0.801. The number of hydrogen-bond acceptors (Lipinski definition) is 4. The Hall–Kier alpha value is -2.86. The highest BCUT2D eigenvalue weighted by molar-refractivity contribution is 6.30. The van der Waals surface area contributed by atoms with E-state index in [9.17, 15) is 14.4 Å². The highest BCUT2D eigenvalue weighted by atomic mass is 35.5. The number of hydrogen-bond donors (Lipinski definition) is 1. The van der Waals surface area contributed by atoms with E-state index in [4.69, 9.17) is 16.3 Å². The summed E-state index contributed by atoms with van der Waals surface area (Å²) in [6.07, 6.45) is 0.106. The summed E-state index contributed by atoms with van der Waals surface area (Å²) in [7, 11) is 0. The van der Waals surface area contributed by atoms with Gasteiger partial charge in [-0.25, -0.2) is 9.80 Å². The molecule has 7 heteroatoms. The average Bonchev–Trinajstić information content (AvgIpc) is 2.99. The summed E-state index contributed by atoms with van der Waals surface area (Å²) < 4.78 is 5.16. The van der Waals surface area contributed by atoms with Crippen molar-refractivity contribution in [2.24, 2.45) is 0 Å². The zero-order valence-corrected chi connectivity index (χ0v) is 15.5. The molecule has 0 aromatic heterocycles. The topological polar surface area (TPSA) is 75.7 Å². The fourth-order valence-electron chi connectivity index (χ4n) is 3.14. The number of carbonyl (C=O) groups excluding carboxylic acids is 3. The van der Waals surface area contributed by atoms with Crippen molar-refractivity contribution in [2.75, 3.05) is 6.61 Å². The molecule has 27 heavy (non-hydrogen) atoms. The van der Waals surface area contributed by atoms with Crippen LogP contribution in [0.15, 0.2) is 54.6 Å². The fraction of sp³-hybridized carbons (Fsp3) is 0.250. The maximum absolute atomic E-state index is 12.6. The molecule has 0 spiro atoms. The highest BCUT2D eigenvalue weighted by Crippen LogP contribution is 2.34. The van der Waals surface area contributed by atoms with Gasteiger partial charge < -0.3 is 4.74 Å². The molecule has 2 atom stereocenters. The highest BCUT2D eigenvalue weighted by Gasteiger charge is 2.47. The molecule has 2 amide bonds. The molecule has 0 aliphatic carbocycles. The Morgan fingerprint density at radius 1 is 1.15 bits per heavy atom. The van der Waals surface area contributed by atoms with Gasteiger partial charge in [0.25, 0.3) is 5.91 Å². The van der Waals surface area contributed by atoms with Crippen LogP contribution in [0.3, 0.4) is 0 Å². The lowest BCUT2D eigenvalue weighted by molar-refractivity contribution is -0.153. The zero-order valence-electron chi connectivity index (χ0n) is 14.7. The summed E-state index contributed by atoms with van der Waals surface area (Å²) >= 11 is 5.84. The standard InChI is InChI=1S/C20H19ClN2O4/c1-2-27-20(26)18-16(13-6-4-3-5-7-13)12-17(24)23(18)22-19(25)14-8-10-15(21)11-9-14/h3-11,16,18H,2,12H2,1H3,(H,22,25)/t16-,18+/m0/s1. The monoisotopic (exact) mass is 386 g/mol. The minimum absolute atomic E-state index is 0.106. The van der Waals surface area contributed by atoms with Gasteiger partial charge in [0.15, 0.2) is 6.04 Å². The largest absolute Gasteiger partial charge is 0.464 e. The molecule has 140 valence electrons. The summed E-state index contributed by atoms with van der Waals surface area (Å²) in [4.78, 5) is 37.7. The molecule has 0 bridgehead atoms. The van der Waals surface area contributed by atoms with E-state index in [1.54, 1.807) is 31.2 Å². The molecule has 1 heterocycles. The predicted octanol–water partition coefficient (Wildman–Crippen LogP) is 2.93. The summed E-state index contributed by atoms with van der Waals surface area (Å²) in [5.41, 5.74) is 3.73. The van der Waals surface area contributed by atoms with Crippen LogP contribution in [0.5, 0.6) is 0 Å². The molecular formula is C20H19ClN2O4. The number of carbonyl (C=O) groups is 3. The van der Waals surface area contributed by atoms with Crippen LogP contribution in [0.25, 0.3) is 0 Å². The molecule has 0 radical (unpaired) electrons. The molecule has 0 unspecified atom stereocenters. The first-order chi connectivity index (χ1) is 13.0. The molecule has 6 nitrogen and oxygen atoms in total. The summed E-state index contributed by atoms with van der Waals surface area (Å²) in [6.45, 7) is 1.88. The lowest BCUT2D eigenvalue weighted by atomic mass is 9.92. The van der Waals surface area contributed by atoms with Crippen molar-refractivity contribution in [3.05, 3.63) is 70.7 Å². The first-order valence-electron chi connectivity index (χ1n) is 8.61. The van der Waals surface area contributed by atoms with Gasteiger partial charge in [-0.3, -0.25) is 15.0 Å². The number of hydrazine groups is 1. The minimum Gasteiger partial charge on any atom is -0.464 e. The number of nitrogens with one attached hydrogen (secondary N) is 1. The first-order valence-corrected chi connectivity index (χ1v) is 8.99. The maximum atomic E-state index is 12.6. The summed E-state index contributed by atoms with van der Waals surface area (Å²) in [5.74, 6) is -1.79. The number of amides is 2. The first kappa shape index (κ1) is 18.9. The fourth-order valence-corrected chi connectivity index (χ4v) is 3.26. The van der Waals surface area contributed by atoms with Gasteiger partial charge in [0.05, 0.1) is 6.61 Å². The van der Waals surface area contributed by atoms with Crippen molar-refractivity contribution in [1.82, 2.24) is 10.4 Å². The van der Waals surface area contributed by atoms with Gasteiger partial charge in [0.2, 0.25) is 5.91 Å². The van der Waals surface area contributed by atoms with E-state index in [2.05, 4.69) is 5.43 Å². The lowest BCUT2D eigenvalue weighted by Crippen LogP contribution is -2.52. The number of esters is 1. The van der Waals surface area contributed by atoms with Crippen molar-refractivity contribution in [3.8, 4) is 0 Å². The van der Waals surface area contributed by atoms with Crippen molar-refractivity contribution in [3.63, 3.8) is 0 Å². The number of nitrogens with zero attached hydrogens (tertiary/aromatic N) is 1. The zero-order chi connectivity index (χ0) is 19.4. The lowest BCUT2D eigenvalue weighted by Gasteiger charge is -2.26. The van der Waals surface area contributed by atoms with E-state index in [0.717, 1.165) is 10.6 Å².